The van der Waals surface area contributed by atoms with Crippen molar-refractivity contribution in [1.29, 1.82) is 0 Å². The molecule has 0 aliphatic heterocycles. The Hall–Kier alpha value is -1.93. The highest BCUT2D eigenvalue weighted by Crippen LogP contribution is 2.19. The number of rotatable bonds is 3. The molecule has 1 N–H and O–H groups in total. The number of nitrogens with one attached hydrogen (secondary N) is 1. The number of amides is 1. The van der Waals surface area contributed by atoms with Gasteiger partial charge in [-0.1, -0.05) is 0 Å². The quantitative estimate of drug-likeness (QED) is 0.877. The van der Waals surface area contributed by atoms with E-state index in [0.29, 0.717) is 0 Å². The third-order valence-corrected chi connectivity index (χ3v) is 3.99. The minimum atomic E-state index is -3.96. The van der Waals surface area contributed by atoms with Crippen LogP contribution in [0.5, 0.6) is 0 Å². The predicted molar refractivity (Wildman–Crippen MR) is 72.8 cm³/mol. The third kappa shape index (κ3) is 3.40. The Bertz CT molecular complexity index is 818. The molecule has 0 bridgehead atoms. The highest BCUT2D eigenvalue weighted by atomic mass is 35.7. The second-order valence-electron chi connectivity index (χ2n) is 4.19. The van der Waals surface area contributed by atoms with Crippen LogP contribution in [0.1, 0.15) is 10.5 Å². The van der Waals surface area contributed by atoms with Gasteiger partial charge < -0.3 is 9.88 Å². The minimum absolute atomic E-state index is 0.000965. The third-order valence-electron chi connectivity index (χ3n) is 2.67. The zero-order chi connectivity index (χ0) is 15.8. The van der Waals surface area contributed by atoms with Gasteiger partial charge in [0.15, 0.2) is 11.6 Å². The molecular formula is C12H9ClF2N2O3S. The Morgan fingerprint density at radius 3 is 2.43 bits per heavy atom. The van der Waals surface area contributed by atoms with Crippen LogP contribution >= 0.6 is 10.7 Å². The molecule has 0 saturated heterocycles. The van der Waals surface area contributed by atoms with E-state index >= 15 is 0 Å². The predicted octanol–water partition coefficient (Wildman–Crippen LogP) is 2.48. The summed E-state index contributed by atoms with van der Waals surface area (Å²) >= 11 is 0. The molecule has 0 radical (unpaired) electrons. The zero-order valence-electron chi connectivity index (χ0n) is 10.6. The Kier molecular flexibility index (Phi) is 4.02. The van der Waals surface area contributed by atoms with Crippen molar-refractivity contribution in [2.45, 2.75) is 4.90 Å². The molecule has 112 valence electrons. The summed E-state index contributed by atoms with van der Waals surface area (Å²) in [4.78, 5) is 11.8. The molecule has 2 aromatic rings. The van der Waals surface area contributed by atoms with Crippen LogP contribution in [0.4, 0.5) is 14.5 Å². The van der Waals surface area contributed by atoms with Crippen LogP contribution in [0.15, 0.2) is 35.4 Å². The molecule has 0 aliphatic carbocycles. The number of carbonyl (C=O) groups is 1. The first-order chi connectivity index (χ1) is 9.68. The number of aryl methyl sites for hydroxylation is 1. The van der Waals surface area contributed by atoms with E-state index in [1.54, 1.807) is 0 Å². The summed E-state index contributed by atoms with van der Waals surface area (Å²) in [7, 11) is 2.67. The molecule has 0 saturated carbocycles. The van der Waals surface area contributed by atoms with Crippen molar-refractivity contribution in [2.24, 2.45) is 7.05 Å². The number of benzene rings is 1. The summed E-state index contributed by atoms with van der Waals surface area (Å²) in [5.74, 6) is -2.83. The molecule has 0 spiro atoms. The molecule has 1 aromatic carbocycles. The Balaban J connectivity index is 2.28. The monoisotopic (exact) mass is 334 g/mol. The van der Waals surface area contributed by atoms with Crippen molar-refractivity contribution in [3.8, 4) is 0 Å². The molecular weight excluding hydrogens is 326 g/mol. The zero-order valence-corrected chi connectivity index (χ0v) is 12.2. The second-order valence-corrected chi connectivity index (χ2v) is 6.76. The molecule has 0 fully saturated rings. The van der Waals surface area contributed by atoms with Gasteiger partial charge in [0.1, 0.15) is 10.6 Å². The average Bonchev–Trinajstić information content (AvgIpc) is 2.76. The van der Waals surface area contributed by atoms with Gasteiger partial charge in [0, 0.05) is 35.7 Å². The van der Waals surface area contributed by atoms with Crippen LogP contribution in [-0.2, 0) is 16.1 Å². The molecule has 0 atom stereocenters. The second kappa shape index (κ2) is 5.45. The van der Waals surface area contributed by atoms with Crippen molar-refractivity contribution >= 4 is 31.3 Å². The lowest BCUT2D eigenvalue weighted by molar-refractivity contribution is 0.101. The number of aromatic nitrogens is 1. The number of anilines is 1. The van der Waals surface area contributed by atoms with Crippen LogP contribution in [0.3, 0.4) is 0 Å². The van der Waals surface area contributed by atoms with Crippen LogP contribution in [0.2, 0.25) is 0 Å². The fourth-order valence-electron chi connectivity index (χ4n) is 1.66. The summed E-state index contributed by atoms with van der Waals surface area (Å²) in [5, 5.41) is 2.33. The summed E-state index contributed by atoms with van der Waals surface area (Å²) in [6.07, 6.45) is 1.17. The summed E-state index contributed by atoms with van der Waals surface area (Å²) in [5.41, 5.74) is 0.0364. The lowest BCUT2D eigenvalue weighted by Gasteiger charge is -2.06. The molecule has 2 rings (SSSR count). The van der Waals surface area contributed by atoms with E-state index in [9.17, 15) is 22.0 Å². The lowest BCUT2D eigenvalue weighted by atomic mass is 10.3. The minimum Gasteiger partial charge on any atom is -0.345 e. The number of halogens is 3. The lowest BCUT2D eigenvalue weighted by Crippen LogP contribution is -2.15. The summed E-state index contributed by atoms with van der Waals surface area (Å²) in [6.45, 7) is 0. The van der Waals surface area contributed by atoms with E-state index in [-0.39, 0.29) is 16.3 Å². The number of nitrogens with zero attached hydrogens (tertiary/aromatic N) is 1. The van der Waals surface area contributed by atoms with E-state index < -0.39 is 26.6 Å². The highest BCUT2D eigenvalue weighted by Gasteiger charge is 2.18. The van der Waals surface area contributed by atoms with E-state index in [1.165, 1.54) is 23.9 Å². The molecule has 21 heavy (non-hydrogen) atoms. The van der Waals surface area contributed by atoms with Gasteiger partial charge in [0.2, 0.25) is 0 Å². The smallest absolute Gasteiger partial charge is 0.272 e. The topological polar surface area (TPSA) is 68.2 Å². The van der Waals surface area contributed by atoms with Gasteiger partial charge in [0.25, 0.3) is 15.0 Å². The maximum atomic E-state index is 13.0. The van der Waals surface area contributed by atoms with Crippen molar-refractivity contribution in [2.75, 3.05) is 5.32 Å². The first-order valence-corrected chi connectivity index (χ1v) is 7.87. The van der Waals surface area contributed by atoms with E-state index in [0.717, 1.165) is 18.2 Å². The number of carbonyl (C=O) groups excluding carboxylic acids is 1. The van der Waals surface area contributed by atoms with Crippen LogP contribution in [0, 0.1) is 11.6 Å². The molecule has 0 unspecified atom stereocenters. The standard InChI is InChI=1S/C12H9ClF2N2O3S/c1-17-6-8(21(13,19)20)5-11(17)12(18)16-7-2-3-9(14)10(15)4-7/h2-6H,1H3,(H,16,18). The number of hydrogen-bond donors (Lipinski definition) is 1. The first-order valence-electron chi connectivity index (χ1n) is 5.56. The molecule has 1 heterocycles. The van der Waals surface area contributed by atoms with Gasteiger partial charge >= 0.3 is 0 Å². The average molecular weight is 335 g/mol. The maximum Gasteiger partial charge on any atom is 0.272 e. The maximum absolute atomic E-state index is 13.0. The van der Waals surface area contributed by atoms with Gasteiger partial charge in [-0.25, -0.2) is 17.2 Å². The Labute approximate surface area is 123 Å². The Morgan fingerprint density at radius 2 is 1.90 bits per heavy atom. The highest BCUT2D eigenvalue weighted by molar-refractivity contribution is 8.13. The Morgan fingerprint density at radius 1 is 1.24 bits per heavy atom. The van der Waals surface area contributed by atoms with Crippen molar-refractivity contribution in [3.63, 3.8) is 0 Å². The van der Waals surface area contributed by atoms with Crippen LogP contribution < -0.4 is 5.32 Å². The van der Waals surface area contributed by atoms with Crippen molar-refractivity contribution in [3.05, 3.63) is 47.8 Å². The van der Waals surface area contributed by atoms with E-state index in [4.69, 9.17) is 10.7 Å². The van der Waals surface area contributed by atoms with Gasteiger partial charge in [-0.2, -0.15) is 0 Å². The van der Waals surface area contributed by atoms with Crippen molar-refractivity contribution in [1.82, 2.24) is 4.57 Å². The number of hydrogen-bond acceptors (Lipinski definition) is 3. The van der Waals surface area contributed by atoms with Crippen LogP contribution in [0.25, 0.3) is 0 Å². The summed E-state index contributed by atoms with van der Waals surface area (Å²) < 4.78 is 49.5. The van der Waals surface area contributed by atoms with Crippen LogP contribution in [-0.4, -0.2) is 18.9 Å². The van der Waals surface area contributed by atoms with Gasteiger partial charge in [-0.15, -0.1) is 0 Å². The van der Waals surface area contributed by atoms with Gasteiger partial charge in [-0.3, -0.25) is 4.79 Å². The van der Waals surface area contributed by atoms with E-state index in [2.05, 4.69) is 5.32 Å². The molecule has 5 nitrogen and oxygen atoms in total. The summed E-state index contributed by atoms with van der Waals surface area (Å²) in [6, 6.07) is 3.94. The van der Waals surface area contributed by atoms with Crippen molar-refractivity contribution < 1.29 is 22.0 Å². The molecule has 0 aliphatic rings. The largest absolute Gasteiger partial charge is 0.345 e. The molecule has 1 aromatic heterocycles. The normalized spacial score (nSPS) is 11.4. The molecule has 9 heteroatoms. The fraction of sp³-hybridized carbons (Fsp3) is 0.0833. The first kappa shape index (κ1) is 15.5. The fourth-order valence-corrected chi connectivity index (χ4v) is 2.45. The van der Waals surface area contributed by atoms with E-state index in [1.807, 2.05) is 0 Å². The molecule has 1 amide bonds. The SMILES string of the molecule is Cn1cc(S(=O)(=O)Cl)cc1C(=O)Nc1ccc(F)c(F)c1. The van der Waals surface area contributed by atoms with Gasteiger partial charge in [-0.05, 0) is 18.2 Å². The van der Waals surface area contributed by atoms with Gasteiger partial charge in [0.05, 0.1) is 0 Å².